The number of pyridine rings is 3. The zero-order valence-electron chi connectivity index (χ0n) is 28.2. The third-order valence-corrected chi connectivity index (χ3v) is 10.3. The van der Waals surface area contributed by atoms with Crippen LogP contribution < -0.4 is 4.90 Å². The smallest absolute Gasteiger partial charge is 0.159 e. The number of hydrogen-bond acceptors (Lipinski definition) is 5. The summed E-state index contributed by atoms with van der Waals surface area (Å²) in [5.74, 6) is 0.449. The maximum Gasteiger partial charge on any atom is 0.159 e. The van der Waals surface area contributed by atoms with Crippen molar-refractivity contribution in [3.63, 3.8) is 0 Å². The van der Waals surface area contributed by atoms with E-state index in [1.165, 1.54) is 50.9 Å². The maximum absolute atomic E-state index is 14.7. The van der Waals surface area contributed by atoms with E-state index in [1.807, 2.05) is 30.5 Å². The predicted octanol–water partition coefficient (Wildman–Crippen LogP) is 9.38. The lowest BCUT2D eigenvalue weighted by atomic mass is 9.76. The number of halogens is 2. The predicted molar refractivity (Wildman–Crippen MR) is 200 cm³/mol. The highest BCUT2D eigenvalue weighted by Crippen LogP contribution is 2.43. The van der Waals surface area contributed by atoms with E-state index in [2.05, 4.69) is 81.4 Å². The molecule has 3 aromatic heterocycles. The molecule has 4 aromatic carbocycles. The molecule has 0 saturated carbocycles. The van der Waals surface area contributed by atoms with E-state index >= 15 is 0 Å². The minimum atomic E-state index is -0.383. The van der Waals surface area contributed by atoms with E-state index < -0.39 is 0 Å². The second kappa shape index (κ2) is 13.9. The zero-order valence-corrected chi connectivity index (χ0v) is 28.2. The first-order valence-electron chi connectivity index (χ1n) is 17.5. The van der Waals surface area contributed by atoms with E-state index in [0.29, 0.717) is 12.0 Å². The highest BCUT2D eigenvalue weighted by atomic mass is 19.1. The summed E-state index contributed by atoms with van der Waals surface area (Å²) in [5, 5.41) is 5.93. The van der Waals surface area contributed by atoms with Crippen LogP contribution in [0.5, 0.6) is 0 Å². The third kappa shape index (κ3) is 6.41. The molecule has 2 aliphatic rings. The quantitative estimate of drug-likeness (QED) is 0.176. The van der Waals surface area contributed by atoms with Crippen LogP contribution in [0, 0.1) is 11.6 Å². The van der Waals surface area contributed by atoms with E-state index in [9.17, 15) is 8.78 Å². The van der Waals surface area contributed by atoms with E-state index in [1.54, 1.807) is 12.4 Å². The largest absolute Gasteiger partial charge is 0.354 e. The molecule has 0 radical (unpaired) electrons. The molecule has 0 amide bonds. The second-order valence-electron chi connectivity index (χ2n) is 13.5. The Labute approximate surface area is 291 Å². The first kappa shape index (κ1) is 32.0. The van der Waals surface area contributed by atoms with Crippen LogP contribution >= 0.6 is 0 Å². The summed E-state index contributed by atoms with van der Waals surface area (Å²) in [4.78, 5) is 17.7. The van der Waals surface area contributed by atoms with Crippen molar-refractivity contribution in [1.82, 2.24) is 19.9 Å². The van der Waals surface area contributed by atoms with E-state index in [-0.39, 0.29) is 17.6 Å². The molecule has 1 unspecified atom stereocenters. The average molecular weight is 664 g/mol. The number of piperazine rings is 1. The molecule has 0 spiro atoms. The van der Waals surface area contributed by atoms with Crippen LogP contribution in [0.4, 0.5) is 14.6 Å². The number of fused-ring (bicyclic) bond motifs is 6. The minimum absolute atomic E-state index is 0.135. The number of anilines is 1. The second-order valence-corrected chi connectivity index (χ2v) is 13.5. The Morgan fingerprint density at radius 3 is 2.22 bits per heavy atom. The van der Waals surface area contributed by atoms with Crippen molar-refractivity contribution in [2.45, 2.75) is 31.6 Å². The van der Waals surface area contributed by atoms with Gasteiger partial charge >= 0.3 is 0 Å². The molecule has 1 atom stereocenters. The molecule has 7 aromatic rings. The molecule has 50 heavy (non-hydrogen) atoms. The van der Waals surface area contributed by atoms with Crippen LogP contribution in [-0.4, -0.2) is 53.1 Å². The third-order valence-electron chi connectivity index (χ3n) is 10.3. The van der Waals surface area contributed by atoms with Crippen molar-refractivity contribution < 1.29 is 8.78 Å². The van der Waals surface area contributed by atoms with Crippen molar-refractivity contribution in [2.24, 2.45) is 0 Å². The van der Waals surface area contributed by atoms with Crippen molar-refractivity contribution in [3.05, 3.63) is 144 Å². The Kier molecular flexibility index (Phi) is 8.90. The molecule has 1 aliphatic heterocycles. The monoisotopic (exact) mass is 663 g/mol. The molecular formula is C43H39F2N5. The summed E-state index contributed by atoms with van der Waals surface area (Å²) in [6.45, 7) is 4.07. The van der Waals surface area contributed by atoms with Gasteiger partial charge in [0.1, 0.15) is 17.5 Å². The van der Waals surface area contributed by atoms with Gasteiger partial charge in [0.05, 0.1) is 0 Å². The lowest BCUT2D eigenvalue weighted by Gasteiger charge is -2.33. The number of aromatic nitrogens is 3. The molecule has 1 aliphatic carbocycles. The summed E-state index contributed by atoms with van der Waals surface area (Å²) in [6.07, 6.45) is 9.03. The molecule has 7 heteroatoms. The first-order valence-corrected chi connectivity index (χ1v) is 17.5. The van der Waals surface area contributed by atoms with Crippen molar-refractivity contribution in [1.29, 1.82) is 0 Å². The summed E-state index contributed by atoms with van der Waals surface area (Å²) in [7, 11) is 2.16. The van der Waals surface area contributed by atoms with E-state index in [0.717, 1.165) is 73.4 Å². The van der Waals surface area contributed by atoms with Crippen molar-refractivity contribution in [2.75, 3.05) is 38.1 Å². The SMILES string of the molecule is CN1CCN(c2ccc(-c3cc4c5c(ccc4c4ccccc34)CCCC5Cc3cc(F)ccc3F)cn2)CC1.c1cnc2ncccc2c1. The highest BCUT2D eigenvalue weighted by molar-refractivity contribution is 6.14. The number of likely N-dealkylation sites (N-methyl/N-ethyl adjacent to an activating group) is 1. The maximum atomic E-state index is 14.7. The van der Waals surface area contributed by atoms with Crippen LogP contribution in [0.25, 0.3) is 43.7 Å². The van der Waals surface area contributed by atoms with Gasteiger partial charge in [-0.25, -0.2) is 23.7 Å². The number of rotatable bonds is 4. The van der Waals surface area contributed by atoms with Crippen LogP contribution in [-0.2, 0) is 12.8 Å². The van der Waals surface area contributed by atoms with Gasteiger partial charge in [-0.3, -0.25) is 0 Å². The average Bonchev–Trinajstić information content (AvgIpc) is 3.16. The Hall–Kier alpha value is -5.27. The van der Waals surface area contributed by atoms with Gasteiger partial charge < -0.3 is 9.80 Å². The van der Waals surface area contributed by atoms with Gasteiger partial charge in [0.15, 0.2) is 5.65 Å². The first-order chi connectivity index (χ1) is 24.5. The van der Waals surface area contributed by atoms with Crippen LogP contribution in [0.1, 0.15) is 35.4 Å². The van der Waals surface area contributed by atoms with Gasteiger partial charge in [-0.1, -0.05) is 36.4 Å². The fraction of sp³-hybridized carbons (Fsp3) is 0.233. The van der Waals surface area contributed by atoms with Crippen molar-refractivity contribution in [3.8, 4) is 11.1 Å². The summed E-state index contributed by atoms with van der Waals surface area (Å²) >= 11 is 0. The molecule has 0 N–H and O–H groups in total. The number of aryl methyl sites for hydroxylation is 1. The molecule has 5 nitrogen and oxygen atoms in total. The standard InChI is InChI=1S/C35H33F2N3.C8H6N2/c1-39-15-17-40(18-16-39)34-14-10-25(22-38-34)31-21-32-30(28-7-2-3-8-29(28)31)12-9-23-5-4-6-24(35(23)32)19-26-20-27(36)11-13-33(26)37;1-3-7-4-2-6-10-8(7)9-5-1/h2-3,7-14,20-22,24H,4-6,15-19H2,1H3;1-6H. The van der Waals surface area contributed by atoms with Crippen LogP contribution in [0.2, 0.25) is 0 Å². The summed E-state index contributed by atoms with van der Waals surface area (Å²) in [6, 6.07) is 31.4. The van der Waals surface area contributed by atoms with Gasteiger partial charge in [0.25, 0.3) is 0 Å². The lowest BCUT2D eigenvalue weighted by Crippen LogP contribution is -2.44. The molecule has 4 heterocycles. The van der Waals surface area contributed by atoms with Crippen LogP contribution in [0.15, 0.2) is 116 Å². The van der Waals surface area contributed by atoms with E-state index in [4.69, 9.17) is 4.98 Å². The fourth-order valence-electron chi connectivity index (χ4n) is 7.71. The normalized spacial score (nSPS) is 16.3. The summed E-state index contributed by atoms with van der Waals surface area (Å²) in [5.41, 5.74) is 6.14. The van der Waals surface area contributed by atoms with Gasteiger partial charge in [-0.15, -0.1) is 0 Å². The summed E-state index contributed by atoms with van der Waals surface area (Å²) < 4.78 is 28.8. The molecule has 9 rings (SSSR count). The molecule has 1 fully saturated rings. The minimum Gasteiger partial charge on any atom is -0.354 e. The number of nitrogens with zero attached hydrogens (tertiary/aromatic N) is 5. The molecule has 250 valence electrons. The molecule has 0 bridgehead atoms. The Morgan fingerprint density at radius 1 is 0.720 bits per heavy atom. The highest BCUT2D eigenvalue weighted by Gasteiger charge is 2.25. The van der Waals surface area contributed by atoms with Gasteiger partial charge in [0.2, 0.25) is 0 Å². The molecule has 1 saturated heterocycles. The Morgan fingerprint density at radius 2 is 1.48 bits per heavy atom. The number of hydrogen-bond donors (Lipinski definition) is 0. The Bertz CT molecular complexity index is 2230. The van der Waals surface area contributed by atoms with Gasteiger partial charge in [0, 0.05) is 55.7 Å². The Balaban J connectivity index is 0.000000309. The van der Waals surface area contributed by atoms with Gasteiger partial charge in [-0.2, -0.15) is 0 Å². The zero-order chi connectivity index (χ0) is 34.0. The van der Waals surface area contributed by atoms with Crippen molar-refractivity contribution >= 4 is 38.4 Å². The van der Waals surface area contributed by atoms with Crippen LogP contribution in [0.3, 0.4) is 0 Å². The fourth-order valence-corrected chi connectivity index (χ4v) is 7.71. The number of benzene rings is 4. The molecular weight excluding hydrogens is 625 g/mol. The topological polar surface area (TPSA) is 45.2 Å². The lowest BCUT2D eigenvalue weighted by molar-refractivity contribution is 0.312. The van der Waals surface area contributed by atoms with Gasteiger partial charge in [-0.05, 0) is 143 Å².